The summed E-state index contributed by atoms with van der Waals surface area (Å²) < 4.78 is 31.0. The fourth-order valence-corrected chi connectivity index (χ4v) is 5.55. The summed E-state index contributed by atoms with van der Waals surface area (Å²) in [6.07, 6.45) is 1.34. The number of ketones is 1. The van der Waals surface area contributed by atoms with Crippen molar-refractivity contribution in [1.82, 2.24) is 0 Å². The fourth-order valence-electron chi connectivity index (χ4n) is 4.25. The van der Waals surface area contributed by atoms with Crippen LogP contribution in [0.25, 0.3) is 0 Å². The second-order valence-electron chi connectivity index (χ2n) is 7.74. The summed E-state index contributed by atoms with van der Waals surface area (Å²) in [5, 5.41) is 18.1. The van der Waals surface area contributed by atoms with Crippen LogP contribution in [0.4, 0.5) is 0 Å². The van der Waals surface area contributed by atoms with Crippen molar-refractivity contribution in [2.45, 2.75) is 39.2 Å². The van der Waals surface area contributed by atoms with Crippen molar-refractivity contribution in [3.63, 3.8) is 0 Å². The molecule has 5 N–H and O–H groups in total. The Hall–Kier alpha value is -1.48. The molecule has 0 saturated heterocycles. The Kier molecular flexibility index (Phi) is 5.82. The molecule has 3 rings (SSSR count). The van der Waals surface area contributed by atoms with E-state index in [2.05, 4.69) is 0 Å². The molecule has 0 heterocycles. The van der Waals surface area contributed by atoms with E-state index in [9.17, 15) is 18.3 Å². The van der Waals surface area contributed by atoms with Gasteiger partial charge in [0.15, 0.2) is 0 Å². The number of carbonyl (C=O) groups excluding carboxylic acids is 1. The van der Waals surface area contributed by atoms with Crippen LogP contribution in [0.1, 0.15) is 44.8 Å². The van der Waals surface area contributed by atoms with E-state index in [0.29, 0.717) is 12.8 Å². The first-order valence-electron chi connectivity index (χ1n) is 8.58. The second kappa shape index (κ2) is 7.26. The van der Waals surface area contributed by atoms with Crippen molar-refractivity contribution in [2.24, 2.45) is 22.5 Å². The maximum atomic E-state index is 11.9. The summed E-state index contributed by atoms with van der Waals surface area (Å²) in [4.78, 5) is 11.9. The summed E-state index contributed by atoms with van der Waals surface area (Å²) >= 11 is 0. The monoisotopic (exact) mass is 385 g/mol. The number of carbonyl (C=O) groups is 1. The van der Waals surface area contributed by atoms with Crippen molar-refractivity contribution in [1.29, 1.82) is 0 Å². The minimum absolute atomic E-state index is 0.0152. The number of Topliss-reactive ketones (excluding diaryl/α,β-unsaturated/α-hetero) is 1. The zero-order chi connectivity index (χ0) is 19.8. The van der Waals surface area contributed by atoms with Gasteiger partial charge in [-0.1, -0.05) is 26.0 Å². The molecule has 2 aliphatic rings. The topological polar surface area (TPSA) is 138 Å². The van der Waals surface area contributed by atoms with Gasteiger partial charge in [0, 0.05) is 13.0 Å². The number of aromatic hydroxyl groups is 1. The molecule has 3 atom stereocenters. The summed E-state index contributed by atoms with van der Waals surface area (Å²) in [5.41, 5.74) is 4.84. The molecule has 7 nitrogen and oxygen atoms in total. The number of nitrogens with two attached hydrogens (primary N) is 1. The highest BCUT2D eigenvalue weighted by atomic mass is 32.2. The molecule has 0 radical (unpaired) electrons. The highest BCUT2D eigenvalue weighted by Gasteiger charge is 2.65. The van der Waals surface area contributed by atoms with Gasteiger partial charge in [-0.3, -0.25) is 9.35 Å². The molecule has 2 fully saturated rings. The molecule has 0 spiro atoms. The van der Waals surface area contributed by atoms with Gasteiger partial charge >= 0.3 is 0 Å². The first kappa shape index (κ1) is 20.8. The third-order valence-electron chi connectivity index (χ3n) is 6.07. The maximum Gasteiger partial charge on any atom is 0.265 e. The molecule has 26 heavy (non-hydrogen) atoms. The molecule has 1 aromatic rings. The Morgan fingerprint density at radius 1 is 1.27 bits per heavy atom. The number of aliphatic hydroxyl groups excluding tert-OH is 1. The molecule has 2 aliphatic carbocycles. The zero-order valence-electron chi connectivity index (χ0n) is 15.1. The Morgan fingerprint density at radius 3 is 2.23 bits per heavy atom. The highest BCUT2D eigenvalue weighted by molar-refractivity contribution is 7.85. The van der Waals surface area contributed by atoms with Crippen LogP contribution in [-0.4, -0.2) is 41.3 Å². The molecule has 0 unspecified atom stereocenters. The van der Waals surface area contributed by atoms with E-state index in [1.165, 1.54) is 12.1 Å². The Labute approximate surface area is 154 Å². The lowest BCUT2D eigenvalue weighted by Crippen LogP contribution is -2.42. The van der Waals surface area contributed by atoms with Gasteiger partial charge in [0.25, 0.3) is 10.1 Å². The van der Waals surface area contributed by atoms with Crippen LogP contribution in [-0.2, 0) is 14.9 Å². The number of rotatable bonds is 4. The standard InChI is InChI=1S/C10H16O4S.C8H11NO2/c1-9(2)7-3-4-10(9,8(11)5-7)6-15(12,13)14;9-5-8(11)6-1-3-7(10)4-2-6/h7H,3-6H2,1-2H3,(H,12,13,14);1-4,8,10-11H,5,9H2/t7-,10-;8-/m10/s1. The van der Waals surface area contributed by atoms with Crippen LogP contribution in [0.15, 0.2) is 24.3 Å². The Morgan fingerprint density at radius 2 is 1.85 bits per heavy atom. The van der Waals surface area contributed by atoms with E-state index in [4.69, 9.17) is 15.4 Å². The van der Waals surface area contributed by atoms with Crippen LogP contribution in [0, 0.1) is 16.7 Å². The maximum absolute atomic E-state index is 11.9. The van der Waals surface area contributed by atoms with Crippen molar-refractivity contribution >= 4 is 15.9 Å². The minimum Gasteiger partial charge on any atom is -0.508 e. The van der Waals surface area contributed by atoms with Crippen molar-refractivity contribution in [3.05, 3.63) is 29.8 Å². The van der Waals surface area contributed by atoms with Crippen LogP contribution >= 0.6 is 0 Å². The number of benzene rings is 1. The predicted molar refractivity (Wildman–Crippen MR) is 97.1 cm³/mol. The van der Waals surface area contributed by atoms with E-state index in [1.807, 2.05) is 13.8 Å². The first-order valence-corrected chi connectivity index (χ1v) is 10.2. The van der Waals surface area contributed by atoms with E-state index in [-0.39, 0.29) is 29.4 Å². The number of hydrogen-bond acceptors (Lipinski definition) is 6. The smallest absolute Gasteiger partial charge is 0.265 e. The summed E-state index contributed by atoms with van der Waals surface area (Å²) in [7, 11) is -4.08. The zero-order valence-corrected chi connectivity index (χ0v) is 15.9. The molecule has 0 amide bonds. The molecule has 0 aliphatic heterocycles. The number of hydrogen-bond donors (Lipinski definition) is 4. The Bertz CT molecular complexity index is 758. The van der Waals surface area contributed by atoms with Crippen LogP contribution in [0.5, 0.6) is 5.75 Å². The van der Waals surface area contributed by atoms with Crippen molar-refractivity contribution in [3.8, 4) is 5.75 Å². The van der Waals surface area contributed by atoms with Gasteiger partial charge in [0.05, 0.1) is 17.3 Å². The van der Waals surface area contributed by atoms with Gasteiger partial charge in [-0.15, -0.1) is 0 Å². The molecular formula is C18H27NO6S. The molecule has 0 aromatic heterocycles. The van der Waals surface area contributed by atoms with Crippen LogP contribution in [0.3, 0.4) is 0 Å². The minimum atomic E-state index is -4.08. The highest BCUT2D eigenvalue weighted by Crippen LogP contribution is 2.64. The van der Waals surface area contributed by atoms with Crippen molar-refractivity contribution in [2.75, 3.05) is 12.3 Å². The van der Waals surface area contributed by atoms with Gasteiger partial charge in [0.1, 0.15) is 11.5 Å². The van der Waals surface area contributed by atoms with Crippen LogP contribution < -0.4 is 5.73 Å². The third kappa shape index (κ3) is 3.93. The molecular weight excluding hydrogens is 358 g/mol. The SMILES string of the molecule is CC1(C)[C@@H]2CC[C@@]1(CS(=O)(=O)O)C(=O)C2.NC[C@H](O)c1ccc(O)cc1. The second-order valence-corrected chi connectivity index (χ2v) is 9.19. The number of aliphatic hydroxyl groups is 1. The molecule has 8 heteroatoms. The normalized spacial score (nSPS) is 27.7. The van der Waals surface area contributed by atoms with Crippen molar-refractivity contribution < 1.29 is 28.0 Å². The third-order valence-corrected chi connectivity index (χ3v) is 6.93. The molecule has 146 valence electrons. The van der Waals surface area contributed by atoms with Gasteiger partial charge in [-0.25, -0.2) is 0 Å². The fraction of sp³-hybridized carbons (Fsp3) is 0.611. The largest absolute Gasteiger partial charge is 0.508 e. The van der Waals surface area contributed by atoms with E-state index < -0.39 is 27.4 Å². The van der Waals surface area contributed by atoms with Gasteiger partial charge in [-0.2, -0.15) is 8.42 Å². The summed E-state index contributed by atoms with van der Waals surface area (Å²) in [6, 6.07) is 6.34. The lowest BCUT2D eigenvalue weighted by Gasteiger charge is -2.35. The molecule has 2 bridgehead atoms. The lowest BCUT2D eigenvalue weighted by molar-refractivity contribution is -0.128. The predicted octanol–water partition coefficient (Wildman–Crippen LogP) is 1.65. The van der Waals surface area contributed by atoms with E-state index >= 15 is 0 Å². The average molecular weight is 385 g/mol. The van der Waals surface area contributed by atoms with Crippen LogP contribution in [0.2, 0.25) is 0 Å². The lowest BCUT2D eigenvalue weighted by atomic mass is 9.70. The van der Waals surface area contributed by atoms with Gasteiger partial charge < -0.3 is 15.9 Å². The van der Waals surface area contributed by atoms with Gasteiger partial charge in [-0.05, 0) is 41.9 Å². The molecule has 2 saturated carbocycles. The van der Waals surface area contributed by atoms with Gasteiger partial charge in [0.2, 0.25) is 0 Å². The summed E-state index contributed by atoms with van der Waals surface area (Å²) in [5.74, 6) is 0.0913. The molecule has 1 aromatic carbocycles. The quantitative estimate of drug-likeness (QED) is 0.578. The average Bonchev–Trinajstić information content (AvgIpc) is 2.88. The van der Waals surface area contributed by atoms with E-state index in [0.717, 1.165) is 12.0 Å². The Balaban J connectivity index is 0.000000197. The first-order chi connectivity index (χ1) is 11.9. The number of phenols is 1. The van der Waals surface area contributed by atoms with E-state index in [1.54, 1.807) is 12.1 Å². The number of phenolic OH excluding ortho intramolecular Hbond substituents is 1. The summed E-state index contributed by atoms with van der Waals surface area (Å²) in [6.45, 7) is 4.09. The number of fused-ring (bicyclic) bond motifs is 2.